The number of aromatic amines is 1. The van der Waals surface area contributed by atoms with Gasteiger partial charge in [0.15, 0.2) is 0 Å². The first-order valence-electron chi connectivity index (χ1n) is 5.40. The first kappa shape index (κ1) is 15.2. The number of hydrogen-bond donors (Lipinski definition) is 1. The van der Waals surface area contributed by atoms with Crippen LogP contribution in [0.1, 0.15) is 41.5 Å². The Labute approximate surface area is 113 Å². The van der Waals surface area contributed by atoms with Crippen LogP contribution >= 0.6 is 5.35 Å². The van der Waals surface area contributed by atoms with Crippen LogP contribution in [-0.4, -0.2) is 26.6 Å². The minimum atomic E-state index is -2.14. The molecular formula is C10H20N3O2PW. The summed E-state index contributed by atoms with van der Waals surface area (Å²) >= 11 is 1.26. The normalized spacial score (nSPS) is 14.0. The molecule has 0 spiro atoms. The molecule has 0 amide bonds. The Balaban J connectivity index is 3.06. The van der Waals surface area contributed by atoms with Crippen LogP contribution in [0.2, 0.25) is 0 Å². The van der Waals surface area contributed by atoms with Crippen molar-refractivity contribution in [1.29, 1.82) is 0 Å². The fourth-order valence-corrected chi connectivity index (χ4v) is 8.96. The minimum absolute atomic E-state index is 0.264. The van der Waals surface area contributed by atoms with Gasteiger partial charge in [-0.25, -0.2) is 0 Å². The first-order valence-corrected chi connectivity index (χ1v) is 10.9. The number of rotatable bonds is 3. The number of hydrogen-bond acceptors (Lipinski definition) is 4. The number of nitrogens with one attached hydrogen (secondary N) is 1. The van der Waals surface area contributed by atoms with Crippen molar-refractivity contribution < 1.29 is 27.9 Å². The third-order valence-corrected chi connectivity index (χ3v) is 7.45. The van der Waals surface area contributed by atoms with Crippen LogP contribution in [0.25, 0.3) is 0 Å². The second kappa shape index (κ2) is 5.05. The number of nitrogens with zero attached hydrogens (tertiary/aromatic N) is 2. The van der Waals surface area contributed by atoms with Crippen molar-refractivity contribution in [3.8, 4) is 0 Å². The zero-order chi connectivity index (χ0) is 13.3. The molecule has 0 aliphatic heterocycles. The van der Waals surface area contributed by atoms with E-state index >= 15 is 0 Å². The van der Waals surface area contributed by atoms with Crippen molar-refractivity contribution in [3.63, 3.8) is 0 Å². The molecule has 1 rings (SSSR count). The third kappa shape index (κ3) is 5.13. The van der Waals surface area contributed by atoms with Crippen LogP contribution in [0.5, 0.6) is 0 Å². The maximum atomic E-state index is 6.15. The Hall–Kier alpha value is 0.178. The van der Waals surface area contributed by atoms with Crippen LogP contribution in [-0.2, 0) is 27.9 Å². The van der Waals surface area contributed by atoms with Crippen molar-refractivity contribution in [2.45, 2.75) is 52.7 Å². The van der Waals surface area contributed by atoms with Gasteiger partial charge in [0.2, 0.25) is 0 Å². The van der Waals surface area contributed by atoms with Crippen LogP contribution in [0, 0.1) is 0 Å². The molecule has 0 unspecified atom stereocenters. The summed E-state index contributed by atoms with van der Waals surface area (Å²) in [5, 5.41) is 8.48. The van der Waals surface area contributed by atoms with Crippen LogP contribution < -0.4 is 5.44 Å². The van der Waals surface area contributed by atoms with Gasteiger partial charge in [-0.3, -0.25) is 0 Å². The van der Waals surface area contributed by atoms with Gasteiger partial charge in [-0.15, -0.1) is 0 Å². The van der Waals surface area contributed by atoms with E-state index in [1.807, 2.05) is 41.5 Å². The molecule has 1 N–H and O–H groups in total. The van der Waals surface area contributed by atoms with Crippen molar-refractivity contribution in [3.05, 3.63) is 6.20 Å². The van der Waals surface area contributed by atoms with Crippen LogP contribution in [0.3, 0.4) is 0 Å². The summed E-state index contributed by atoms with van der Waals surface area (Å²) < 4.78 is 12.3. The summed E-state index contributed by atoms with van der Waals surface area (Å²) in [7, 11) is 0. The Morgan fingerprint density at radius 3 is 1.88 bits per heavy atom. The van der Waals surface area contributed by atoms with Crippen molar-refractivity contribution in [2.75, 3.05) is 0 Å². The number of aromatic nitrogens is 3. The predicted octanol–water partition coefficient (Wildman–Crippen LogP) is 2.37. The van der Waals surface area contributed by atoms with Gasteiger partial charge in [0.1, 0.15) is 0 Å². The molecule has 0 bridgehead atoms. The second-order valence-corrected chi connectivity index (χ2v) is 12.7. The average Bonchev–Trinajstić information content (AvgIpc) is 2.45. The van der Waals surface area contributed by atoms with E-state index in [0.717, 1.165) is 5.44 Å². The number of H-pyrrole nitrogens is 1. The molecule has 7 heteroatoms. The standard InChI is InChI=1S/C10H20N3O2P.W/c1-9(2,3)14-16(15-10(4,5)6)8-7-11-13-12-8;/h7H,1-6H3,(H,11,12,13);. The SMILES string of the molecule is CC(C)(C)O[P](=[W])(OC(C)(C)C)c1cn[nH]n1. The summed E-state index contributed by atoms with van der Waals surface area (Å²) in [5.74, 6) is 0. The van der Waals surface area contributed by atoms with E-state index < -0.39 is 5.35 Å². The Bertz CT molecular complexity index is 386. The van der Waals surface area contributed by atoms with E-state index in [9.17, 15) is 0 Å². The molecule has 0 aliphatic rings. The van der Waals surface area contributed by atoms with Crippen LogP contribution in [0.15, 0.2) is 6.20 Å². The molecule has 0 fully saturated rings. The molecule has 5 nitrogen and oxygen atoms in total. The van der Waals surface area contributed by atoms with Gasteiger partial charge in [-0.05, 0) is 0 Å². The summed E-state index contributed by atoms with van der Waals surface area (Å²) in [6.45, 7) is 12.1. The third-order valence-electron chi connectivity index (χ3n) is 1.47. The van der Waals surface area contributed by atoms with Gasteiger partial charge in [-0.2, -0.15) is 0 Å². The summed E-state index contributed by atoms with van der Waals surface area (Å²) in [4.78, 5) is 0. The molecular weight excluding hydrogens is 409 g/mol. The fraction of sp³-hybridized carbons (Fsp3) is 0.800. The van der Waals surface area contributed by atoms with Gasteiger partial charge in [0.05, 0.1) is 0 Å². The average molecular weight is 429 g/mol. The monoisotopic (exact) mass is 429 g/mol. The van der Waals surface area contributed by atoms with E-state index in [1.165, 1.54) is 18.8 Å². The Morgan fingerprint density at radius 1 is 1.12 bits per heavy atom. The quantitative estimate of drug-likeness (QED) is 0.751. The molecule has 1 heterocycles. The second-order valence-electron chi connectivity index (χ2n) is 5.73. The van der Waals surface area contributed by atoms with Gasteiger partial charge < -0.3 is 0 Å². The molecule has 1 aromatic rings. The molecule has 0 saturated carbocycles. The van der Waals surface area contributed by atoms with Crippen LogP contribution in [0.4, 0.5) is 0 Å². The maximum absolute atomic E-state index is 6.15. The van der Waals surface area contributed by atoms with Gasteiger partial charge >= 0.3 is 113 Å². The Morgan fingerprint density at radius 2 is 1.59 bits per heavy atom. The molecule has 0 saturated heterocycles. The summed E-state index contributed by atoms with van der Waals surface area (Å²) in [5.41, 5.74) is 0.261. The van der Waals surface area contributed by atoms with Gasteiger partial charge in [0.25, 0.3) is 0 Å². The first-order chi connectivity index (χ1) is 7.52. The van der Waals surface area contributed by atoms with E-state index in [0.29, 0.717) is 0 Å². The van der Waals surface area contributed by atoms with E-state index in [-0.39, 0.29) is 11.2 Å². The molecule has 98 valence electrons. The molecule has 0 aliphatic carbocycles. The molecule has 17 heavy (non-hydrogen) atoms. The topological polar surface area (TPSA) is 60.0 Å². The van der Waals surface area contributed by atoms with Crippen molar-refractivity contribution >= 4 is 10.8 Å². The Kier molecular flexibility index (Phi) is 4.52. The summed E-state index contributed by atoms with van der Waals surface area (Å²) in [6.07, 6.45) is 1.69. The van der Waals surface area contributed by atoms with Gasteiger partial charge in [0, 0.05) is 0 Å². The van der Waals surface area contributed by atoms with E-state index in [1.54, 1.807) is 6.20 Å². The molecule has 1 aromatic heterocycles. The zero-order valence-corrected chi connectivity index (χ0v) is 15.0. The van der Waals surface area contributed by atoms with Crippen molar-refractivity contribution in [1.82, 2.24) is 15.4 Å². The van der Waals surface area contributed by atoms with E-state index in [4.69, 9.17) is 9.05 Å². The fourth-order valence-electron chi connectivity index (χ4n) is 1.16. The molecule has 0 atom stereocenters. The van der Waals surface area contributed by atoms with E-state index in [2.05, 4.69) is 15.4 Å². The summed E-state index contributed by atoms with van der Waals surface area (Å²) in [6, 6.07) is 0. The van der Waals surface area contributed by atoms with Crippen molar-refractivity contribution in [2.24, 2.45) is 0 Å². The zero-order valence-electron chi connectivity index (χ0n) is 11.1. The predicted molar refractivity (Wildman–Crippen MR) is 64.6 cm³/mol. The molecule has 0 radical (unpaired) electrons. The molecule has 0 aromatic carbocycles. The van der Waals surface area contributed by atoms with Gasteiger partial charge in [-0.1, -0.05) is 0 Å².